The summed E-state index contributed by atoms with van der Waals surface area (Å²) in [5.74, 6) is -0.372. The Morgan fingerprint density at radius 3 is 2.68 bits per heavy atom. The summed E-state index contributed by atoms with van der Waals surface area (Å²) in [5.41, 5.74) is 2.63. The molecule has 1 unspecified atom stereocenters. The van der Waals surface area contributed by atoms with Crippen LogP contribution in [0.1, 0.15) is 34.3 Å². The number of hydrogen-bond acceptors (Lipinski definition) is 4. The molecule has 3 N–H and O–H groups in total. The summed E-state index contributed by atoms with van der Waals surface area (Å²) in [6, 6.07) is 11.6. The lowest BCUT2D eigenvalue weighted by molar-refractivity contribution is 0.0681. The van der Waals surface area contributed by atoms with Crippen molar-refractivity contribution < 1.29 is 24.2 Å². The van der Waals surface area contributed by atoms with Crippen molar-refractivity contribution in [2.45, 2.75) is 32.4 Å². The minimum Gasteiger partial charge on any atom is -0.489 e. The first-order valence-corrected chi connectivity index (χ1v) is 9.23. The van der Waals surface area contributed by atoms with Gasteiger partial charge < -0.3 is 25.2 Å². The Hall–Kier alpha value is -3.06. The molecule has 0 aromatic heterocycles. The molecule has 7 nitrogen and oxygen atoms in total. The molecule has 1 aliphatic heterocycles. The van der Waals surface area contributed by atoms with Crippen molar-refractivity contribution in [1.29, 1.82) is 0 Å². The maximum Gasteiger partial charge on any atom is 0.335 e. The summed E-state index contributed by atoms with van der Waals surface area (Å²) < 4.78 is 11.5. The van der Waals surface area contributed by atoms with Crippen LogP contribution in [-0.4, -0.2) is 36.4 Å². The summed E-state index contributed by atoms with van der Waals surface area (Å²) in [6.45, 7) is 3.46. The summed E-state index contributed by atoms with van der Waals surface area (Å²) in [7, 11) is 0. The number of amides is 2. The Kier molecular flexibility index (Phi) is 6.49. The van der Waals surface area contributed by atoms with Crippen LogP contribution in [0, 0.1) is 6.92 Å². The van der Waals surface area contributed by atoms with E-state index in [9.17, 15) is 9.59 Å². The van der Waals surface area contributed by atoms with Crippen LogP contribution < -0.4 is 15.4 Å². The monoisotopic (exact) mass is 384 g/mol. The van der Waals surface area contributed by atoms with E-state index < -0.39 is 5.97 Å². The second-order valence-electron chi connectivity index (χ2n) is 6.76. The Morgan fingerprint density at radius 1 is 1.21 bits per heavy atom. The van der Waals surface area contributed by atoms with E-state index in [0.29, 0.717) is 18.0 Å². The number of carboxylic acids is 1. The summed E-state index contributed by atoms with van der Waals surface area (Å²) in [5, 5.41) is 14.5. The van der Waals surface area contributed by atoms with Crippen molar-refractivity contribution in [3.05, 3.63) is 59.2 Å². The topological polar surface area (TPSA) is 96.9 Å². The molecule has 1 fully saturated rings. The number of ether oxygens (including phenoxy) is 2. The molecule has 2 aromatic carbocycles. The van der Waals surface area contributed by atoms with E-state index >= 15 is 0 Å². The van der Waals surface area contributed by atoms with Crippen LogP contribution in [0.3, 0.4) is 0 Å². The van der Waals surface area contributed by atoms with E-state index in [1.807, 2.05) is 19.1 Å². The van der Waals surface area contributed by atoms with E-state index in [1.165, 1.54) is 12.1 Å². The highest BCUT2D eigenvalue weighted by Crippen LogP contribution is 2.27. The second-order valence-corrected chi connectivity index (χ2v) is 6.76. The van der Waals surface area contributed by atoms with Gasteiger partial charge >= 0.3 is 12.0 Å². The minimum absolute atomic E-state index is 0.0935. The van der Waals surface area contributed by atoms with Gasteiger partial charge in [0.1, 0.15) is 12.4 Å². The molecule has 28 heavy (non-hydrogen) atoms. The SMILES string of the molecule is Cc1ccc(NC(=O)NCc2ccc(C(=O)O)cc2)c(OCC2CCCO2)c1. The van der Waals surface area contributed by atoms with Gasteiger partial charge in [0.25, 0.3) is 0 Å². The molecular formula is C21H24N2O5. The number of anilines is 1. The van der Waals surface area contributed by atoms with Crippen molar-refractivity contribution in [3.8, 4) is 5.75 Å². The maximum absolute atomic E-state index is 12.3. The number of hydrogen-bond donors (Lipinski definition) is 3. The third-order valence-electron chi connectivity index (χ3n) is 4.49. The summed E-state index contributed by atoms with van der Waals surface area (Å²) in [4.78, 5) is 23.1. The summed E-state index contributed by atoms with van der Waals surface area (Å²) in [6.07, 6.45) is 2.12. The average molecular weight is 384 g/mol. The number of aromatic carboxylic acids is 1. The molecule has 3 rings (SSSR count). The van der Waals surface area contributed by atoms with Gasteiger partial charge in [-0.05, 0) is 55.2 Å². The normalized spacial score (nSPS) is 15.8. The van der Waals surface area contributed by atoms with Gasteiger partial charge in [-0.2, -0.15) is 0 Å². The van der Waals surface area contributed by atoms with Gasteiger partial charge in [0, 0.05) is 13.2 Å². The van der Waals surface area contributed by atoms with Crippen molar-refractivity contribution >= 4 is 17.7 Å². The van der Waals surface area contributed by atoms with Crippen LogP contribution in [0.4, 0.5) is 10.5 Å². The zero-order chi connectivity index (χ0) is 19.9. The van der Waals surface area contributed by atoms with Crippen molar-refractivity contribution in [2.75, 3.05) is 18.5 Å². The highest BCUT2D eigenvalue weighted by molar-refractivity contribution is 5.91. The fourth-order valence-electron chi connectivity index (χ4n) is 2.92. The largest absolute Gasteiger partial charge is 0.489 e. The number of carbonyl (C=O) groups is 2. The molecular weight excluding hydrogens is 360 g/mol. The lowest BCUT2D eigenvalue weighted by Gasteiger charge is -2.16. The van der Waals surface area contributed by atoms with Crippen LogP contribution in [0.15, 0.2) is 42.5 Å². The van der Waals surface area contributed by atoms with E-state index in [-0.39, 0.29) is 24.2 Å². The van der Waals surface area contributed by atoms with Gasteiger partial charge in [-0.1, -0.05) is 18.2 Å². The molecule has 7 heteroatoms. The van der Waals surface area contributed by atoms with Gasteiger partial charge in [0.05, 0.1) is 17.4 Å². The molecule has 1 atom stereocenters. The first-order chi connectivity index (χ1) is 13.5. The van der Waals surface area contributed by atoms with Gasteiger partial charge in [-0.3, -0.25) is 0 Å². The number of urea groups is 1. The molecule has 148 valence electrons. The van der Waals surface area contributed by atoms with Crippen LogP contribution in [-0.2, 0) is 11.3 Å². The molecule has 2 amide bonds. The quantitative estimate of drug-likeness (QED) is 0.678. The molecule has 0 saturated carbocycles. The molecule has 1 saturated heterocycles. The molecule has 1 aliphatic rings. The third kappa shape index (κ3) is 5.47. The van der Waals surface area contributed by atoms with Gasteiger partial charge in [0.15, 0.2) is 0 Å². The fraction of sp³-hybridized carbons (Fsp3) is 0.333. The van der Waals surface area contributed by atoms with E-state index in [0.717, 1.165) is 30.6 Å². The van der Waals surface area contributed by atoms with Crippen molar-refractivity contribution in [1.82, 2.24) is 5.32 Å². The smallest absolute Gasteiger partial charge is 0.335 e. The average Bonchev–Trinajstić information content (AvgIpc) is 3.20. The number of rotatable bonds is 7. The fourth-order valence-corrected chi connectivity index (χ4v) is 2.92. The van der Waals surface area contributed by atoms with E-state index in [4.69, 9.17) is 14.6 Å². The molecule has 0 aliphatic carbocycles. The highest BCUT2D eigenvalue weighted by atomic mass is 16.5. The first-order valence-electron chi connectivity index (χ1n) is 9.23. The lowest BCUT2D eigenvalue weighted by Crippen LogP contribution is -2.28. The number of benzene rings is 2. The number of carbonyl (C=O) groups excluding carboxylic acids is 1. The maximum atomic E-state index is 12.3. The zero-order valence-electron chi connectivity index (χ0n) is 15.7. The third-order valence-corrected chi connectivity index (χ3v) is 4.49. The van der Waals surface area contributed by atoms with Crippen LogP contribution in [0.5, 0.6) is 5.75 Å². The standard InChI is InChI=1S/C21H24N2O5/c1-14-4-9-18(19(11-14)28-13-17-3-2-10-27-17)23-21(26)22-12-15-5-7-16(8-6-15)20(24)25/h4-9,11,17H,2-3,10,12-13H2,1H3,(H,24,25)(H2,22,23,26). The molecule has 1 heterocycles. The first kappa shape index (κ1) is 19.7. The van der Waals surface area contributed by atoms with Crippen LogP contribution in [0.25, 0.3) is 0 Å². The predicted octanol–water partition coefficient (Wildman–Crippen LogP) is 3.57. The van der Waals surface area contributed by atoms with Gasteiger partial charge in [-0.15, -0.1) is 0 Å². The number of aryl methyl sites for hydroxylation is 1. The number of nitrogens with one attached hydrogen (secondary N) is 2. The molecule has 0 spiro atoms. The molecule has 0 bridgehead atoms. The Bertz CT molecular complexity index is 829. The van der Waals surface area contributed by atoms with E-state index in [2.05, 4.69) is 10.6 Å². The Balaban J connectivity index is 1.55. The molecule has 2 aromatic rings. The summed E-state index contributed by atoms with van der Waals surface area (Å²) >= 11 is 0. The highest BCUT2D eigenvalue weighted by Gasteiger charge is 2.17. The van der Waals surface area contributed by atoms with Crippen LogP contribution in [0.2, 0.25) is 0 Å². The van der Waals surface area contributed by atoms with Crippen molar-refractivity contribution in [3.63, 3.8) is 0 Å². The minimum atomic E-state index is -0.979. The lowest BCUT2D eigenvalue weighted by atomic mass is 10.1. The van der Waals surface area contributed by atoms with Crippen molar-refractivity contribution in [2.24, 2.45) is 0 Å². The number of carboxylic acid groups (broad SMARTS) is 1. The van der Waals surface area contributed by atoms with E-state index in [1.54, 1.807) is 18.2 Å². The Morgan fingerprint density at radius 2 is 2.00 bits per heavy atom. The predicted molar refractivity (Wildman–Crippen MR) is 105 cm³/mol. The Labute approximate surface area is 163 Å². The van der Waals surface area contributed by atoms with Crippen LogP contribution >= 0.6 is 0 Å². The van der Waals surface area contributed by atoms with Gasteiger partial charge in [0.2, 0.25) is 0 Å². The second kappa shape index (κ2) is 9.23. The zero-order valence-corrected chi connectivity index (χ0v) is 15.7. The van der Waals surface area contributed by atoms with Gasteiger partial charge in [-0.25, -0.2) is 9.59 Å². The molecule has 0 radical (unpaired) electrons.